The third-order valence-corrected chi connectivity index (χ3v) is 4.66. The molecule has 3 amide bonds. The van der Waals surface area contributed by atoms with Crippen LogP contribution < -0.4 is 10.6 Å². The molecule has 10 nitrogen and oxygen atoms in total. The van der Waals surface area contributed by atoms with Crippen molar-refractivity contribution < 1.29 is 33.5 Å². The topological polar surface area (TPSA) is 145 Å². The Kier molecular flexibility index (Phi) is 8.42. The van der Waals surface area contributed by atoms with Crippen molar-refractivity contribution in [3.8, 4) is 0 Å². The summed E-state index contributed by atoms with van der Waals surface area (Å²) in [5, 5.41) is 4.46. The van der Waals surface area contributed by atoms with E-state index in [0.717, 1.165) is 17.4 Å². The SMILES string of the molecule is C[C@H](NC(=O)CN(C)C(=O)OCc1ccccc1)C(=O)N[C@@H](C)P(=O)(O)O. The number of nitrogens with zero attached hydrogens (tertiary/aromatic N) is 1. The number of nitrogens with one attached hydrogen (secondary N) is 2. The number of likely N-dealkylation sites (N-methyl/N-ethyl adjacent to an activating group) is 1. The highest BCUT2D eigenvalue weighted by molar-refractivity contribution is 7.52. The Morgan fingerprint density at radius 3 is 2.30 bits per heavy atom. The quantitative estimate of drug-likeness (QED) is 0.461. The zero-order valence-electron chi connectivity index (χ0n) is 15.3. The van der Waals surface area contributed by atoms with E-state index in [1.54, 1.807) is 24.3 Å². The van der Waals surface area contributed by atoms with Gasteiger partial charge in [-0.3, -0.25) is 14.2 Å². The zero-order chi connectivity index (χ0) is 20.6. The molecule has 0 aliphatic carbocycles. The number of amides is 3. The van der Waals surface area contributed by atoms with Crippen molar-refractivity contribution in [3.63, 3.8) is 0 Å². The molecule has 0 bridgehead atoms. The molecule has 0 heterocycles. The smallest absolute Gasteiger partial charge is 0.410 e. The summed E-state index contributed by atoms with van der Waals surface area (Å²) in [6.07, 6.45) is -0.707. The van der Waals surface area contributed by atoms with Crippen molar-refractivity contribution >= 4 is 25.5 Å². The molecule has 1 aromatic rings. The molecule has 0 saturated carbocycles. The van der Waals surface area contributed by atoms with Crippen molar-refractivity contribution in [3.05, 3.63) is 35.9 Å². The lowest BCUT2D eigenvalue weighted by Gasteiger charge is -2.21. The van der Waals surface area contributed by atoms with E-state index >= 15 is 0 Å². The van der Waals surface area contributed by atoms with Crippen LogP contribution in [-0.2, 0) is 25.5 Å². The van der Waals surface area contributed by atoms with E-state index in [1.807, 2.05) is 6.07 Å². The van der Waals surface area contributed by atoms with Crippen LogP contribution in [-0.4, -0.2) is 58.0 Å². The average Bonchev–Trinajstić information content (AvgIpc) is 2.59. The van der Waals surface area contributed by atoms with Gasteiger partial charge in [-0.2, -0.15) is 0 Å². The number of carbonyl (C=O) groups is 3. The second-order valence-corrected chi connectivity index (χ2v) is 7.91. The van der Waals surface area contributed by atoms with Gasteiger partial charge in [0.1, 0.15) is 25.0 Å². The minimum absolute atomic E-state index is 0.0602. The van der Waals surface area contributed by atoms with Crippen molar-refractivity contribution in [2.24, 2.45) is 0 Å². The number of rotatable bonds is 8. The van der Waals surface area contributed by atoms with Crippen LogP contribution >= 0.6 is 7.60 Å². The van der Waals surface area contributed by atoms with E-state index < -0.39 is 37.3 Å². The fourth-order valence-corrected chi connectivity index (χ4v) is 2.17. The largest absolute Gasteiger partial charge is 0.445 e. The van der Waals surface area contributed by atoms with E-state index in [4.69, 9.17) is 14.5 Å². The van der Waals surface area contributed by atoms with Gasteiger partial charge in [0.05, 0.1) is 0 Å². The van der Waals surface area contributed by atoms with Gasteiger partial charge in [-0.15, -0.1) is 0 Å². The molecule has 0 radical (unpaired) electrons. The monoisotopic (exact) mass is 401 g/mol. The Morgan fingerprint density at radius 2 is 1.74 bits per heavy atom. The molecule has 0 saturated heterocycles. The second-order valence-electron chi connectivity index (χ2n) is 5.96. The van der Waals surface area contributed by atoms with Crippen molar-refractivity contribution in [2.45, 2.75) is 32.3 Å². The van der Waals surface area contributed by atoms with Crippen LogP contribution in [0.25, 0.3) is 0 Å². The van der Waals surface area contributed by atoms with Gasteiger partial charge in [0, 0.05) is 7.05 Å². The highest BCUT2D eigenvalue weighted by Crippen LogP contribution is 2.39. The van der Waals surface area contributed by atoms with Crippen LogP contribution in [0.4, 0.5) is 4.79 Å². The minimum Gasteiger partial charge on any atom is -0.445 e. The lowest BCUT2D eigenvalue weighted by Crippen LogP contribution is -2.49. The molecule has 0 fully saturated rings. The van der Waals surface area contributed by atoms with E-state index in [-0.39, 0.29) is 13.2 Å². The van der Waals surface area contributed by atoms with E-state index in [1.165, 1.54) is 14.0 Å². The summed E-state index contributed by atoms with van der Waals surface area (Å²) in [7, 11) is -3.10. The van der Waals surface area contributed by atoms with Gasteiger partial charge in [0.25, 0.3) is 0 Å². The maximum atomic E-state index is 11.9. The van der Waals surface area contributed by atoms with Gasteiger partial charge < -0.3 is 30.1 Å². The molecule has 0 spiro atoms. The van der Waals surface area contributed by atoms with Gasteiger partial charge >= 0.3 is 13.7 Å². The van der Waals surface area contributed by atoms with Crippen LogP contribution in [0, 0.1) is 0 Å². The summed E-state index contributed by atoms with van der Waals surface area (Å²) in [5.41, 5.74) is 0.799. The van der Waals surface area contributed by atoms with Gasteiger partial charge in [-0.25, -0.2) is 4.79 Å². The van der Waals surface area contributed by atoms with Crippen LogP contribution in [0.3, 0.4) is 0 Å². The average molecular weight is 401 g/mol. The first-order valence-electron chi connectivity index (χ1n) is 8.07. The third kappa shape index (κ3) is 8.21. The highest BCUT2D eigenvalue weighted by Gasteiger charge is 2.28. The Balaban J connectivity index is 2.42. The Labute approximate surface area is 157 Å². The molecular formula is C16H24N3O7P. The lowest BCUT2D eigenvalue weighted by molar-refractivity contribution is -0.129. The number of benzene rings is 1. The Hall–Kier alpha value is -2.42. The first-order valence-corrected chi connectivity index (χ1v) is 9.75. The van der Waals surface area contributed by atoms with E-state index in [9.17, 15) is 18.9 Å². The fraction of sp³-hybridized carbons (Fsp3) is 0.438. The molecule has 4 N–H and O–H groups in total. The van der Waals surface area contributed by atoms with Crippen molar-refractivity contribution in [1.82, 2.24) is 15.5 Å². The number of ether oxygens (including phenoxy) is 1. The molecule has 1 rings (SSSR count). The molecule has 0 aromatic heterocycles. The lowest BCUT2D eigenvalue weighted by atomic mass is 10.2. The standard InChI is InChI=1S/C16H24N3O7P/c1-11(15(21)18-12(2)27(23,24)25)17-14(20)9-19(3)16(22)26-10-13-7-5-4-6-8-13/h4-8,11-12H,9-10H2,1-3H3,(H,17,20)(H,18,21)(H2,23,24,25)/t11-,12+/m0/s1. The zero-order valence-corrected chi connectivity index (χ0v) is 16.2. The summed E-state index contributed by atoms with van der Waals surface area (Å²) in [5.74, 6) is -2.76. The summed E-state index contributed by atoms with van der Waals surface area (Å²) in [6, 6.07) is 7.98. The summed E-state index contributed by atoms with van der Waals surface area (Å²) >= 11 is 0. The van der Waals surface area contributed by atoms with Gasteiger partial charge in [0.2, 0.25) is 11.8 Å². The van der Waals surface area contributed by atoms with Crippen molar-refractivity contribution in [1.29, 1.82) is 0 Å². The second kappa shape index (κ2) is 10.1. The van der Waals surface area contributed by atoms with Crippen molar-refractivity contribution in [2.75, 3.05) is 13.6 Å². The van der Waals surface area contributed by atoms with Crippen LogP contribution in [0.5, 0.6) is 0 Å². The van der Waals surface area contributed by atoms with Crippen LogP contribution in [0.1, 0.15) is 19.4 Å². The summed E-state index contributed by atoms with van der Waals surface area (Å²) < 4.78 is 16.1. The molecule has 27 heavy (non-hydrogen) atoms. The molecule has 2 atom stereocenters. The molecule has 1 aromatic carbocycles. The molecule has 11 heteroatoms. The van der Waals surface area contributed by atoms with Gasteiger partial charge in [0.15, 0.2) is 0 Å². The first kappa shape index (κ1) is 22.6. The van der Waals surface area contributed by atoms with Crippen LogP contribution in [0.15, 0.2) is 30.3 Å². The third-order valence-electron chi connectivity index (χ3n) is 3.52. The number of carbonyl (C=O) groups excluding carboxylic acids is 3. The normalized spacial score (nSPS) is 13.2. The molecule has 0 aliphatic rings. The number of hydrogen-bond donors (Lipinski definition) is 4. The summed E-state index contributed by atoms with van der Waals surface area (Å²) in [6.45, 7) is 2.22. The molecular weight excluding hydrogens is 377 g/mol. The van der Waals surface area contributed by atoms with E-state index in [0.29, 0.717) is 0 Å². The Morgan fingerprint density at radius 1 is 1.15 bits per heavy atom. The summed E-state index contributed by atoms with van der Waals surface area (Å²) in [4.78, 5) is 54.6. The molecule has 0 aliphatic heterocycles. The van der Waals surface area contributed by atoms with E-state index in [2.05, 4.69) is 10.6 Å². The highest BCUT2D eigenvalue weighted by atomic mass is 31.2. The minimum atomic E-state index is -4.47. The Bertz CT molecular complexity index is 707. The first-order chi connectivity index (χ1) is 12.5. The van der Waals surface area contributed by atoms with Gasteiger partial charge in [-0.05, 0) is 19.4 Å². The van der Waals surface area contributed by atoms with Crippen LogP contribution in [0.2, 0.25) is 0 Å². The fourth-order valence-electron chi connectivity index (χ4n) is 1.88. The maximum absolute atomic E-state index is 11.9. The van der Waals surface area contributed by atoms with Gasteiger partial charge in [-0.1, -0.05) is 30.3 Å². The number of hydrogen-bond acceptors (Lipinski definition) is 5. The predicted molar refractivity (Wildman–Crippen MR) is 96.5 cm³/mol. The molecule has 0 unspecified atom stereocenters. The maximum Gasteiger partial charge on any atom is 0.410 e. The predicted octanol–water partition coefficient (Wildman–Crippen LogP) is 0.400. The molecule has 150 valence electrons.